The standard InChI is InChI=1S/C27H28N2O3/c1-18-7-12-23(16-25(18)21-10-8-20(9-11-21)17-28-19(2)30)29-26(31)27(13-14-27)22-5-4-6-24(15-22)32-3/h4-12,15-16H,13-14,17H2,1-3H3,(H,28,30)(H,29,31). The molecule has 164 valence electrons. The fraction of sp³-hybridized carbons (Fsp3) is 0.259. The zero-order valence-corrected chi connectivity index (χ0v) is 18.7. The lowest BCUT2D eigenvalue weighted by atomic mass is 9.94. The molecule has 1 aliphatic carbocycles. The number of rotatable bonds is 7. The van der Waals surface area contributed by atoms with Gasteiger partial charge in [-0.3, -0.25) is 9.59 Å². The molecule has 0 aromatic heterocycles. The maximum absolute atomic E-state index is 13.2. The van der Waals surface area contributed by atoms with Crippen LogP contribution in [0.5, 0.6) is 5.75 Å². The molecule has 2 amide bonds. The monoisotopic (exact) mass is 428 g/mol. The first-order valence-electron chi connectivity index (χ1n) is 10.8. The number of aryl methyl sites for hydroxylation is 1. The van der Waals surface area contributed by atoms with Crippen LogP contribution in [0.4, 0.5) is 5.69 Å². The molecule has 1 aliphatic rings. The number of carbonyl (C=O) groups is 2. The first-order valence-corrected chi connectivity index (χ1v) is 10.8. The average Bonchev–Trinajstić information content (AvgIpc) is 3.62. The quantitative estimate of drug-likeness (QED) is 0.558. The number of amides is 2. The van der Waals surface area contributed by atoms with Gasteiger partial charge in [-0.05, 0) is 71.8 Å². The van der Waals surface area contributed by atoms with E-state index in [1.54, 1.807) is 7.11 Å². The predicted octanol–water partition coefficient (Wildman–Crippen LogP) is 4.98. The van der Waals surface area contributed by atoms with Gasteiger partial charge in [0.1, 0.15) is 5.75 Å². The average molecular weight is 429 g/mol. The minimum Gasteiger partial charge on any atom is -0.497 e. The largest absolute Gasteiger partial charge is 0.497 e. The number of anilines is 1. The van der Waals surface area contributed by atoms with Crippen molar-refractivity contribution in [2.45, 2.75) is 38.6 Å². The number of methoxy groups -OCH3 is 1. The van der Waals surface area contributed by atoms with Gasteiger partial charge < -0.3 is 15.4 Å². The SMILES string of the molecule is COc1cccc(C2(C(=O)Nc3ccc(C)c(-c4ccc(CNC(C)=O)cc4)c3)CC2)c1. The van der Waals surface area contributed by atoms with Gasteiger partial charge in [0, 0.05) is 19.2 Å². The van der Waals surface area contributed by atoms with Crippen LogP contribution < -0.4 is 15.4 Å². The molecule has 0 saturated heterocycles. The van der Waals surface area contributed by atoms with Crippen LogP contribution in [0.3, 0.4) is 0 Å². The van der Waals surface area contributed by atoms with Gasteiger partial charge in [-0.1, -0.05) is 42.5 Å². The van der Waals surface area contributed by atoms with Gasteiger partial charge in [-0.25, -0.2) is 0 Å². The summed E-state index contributed by atoms with van der Waals surface area (Å²) >= 11 is 0. The van der Waals surface area contributed by atoms with Gasteiger partial charge in [-0.15, -0.1) is 0 Å². The number of carbonyl (C=O) groups excluding carboxylic acids is 2. The van der Waals surface area contributed by atoms with Gasteiger partial charge in [0.05, 0.1) is 12.5 Å². The zero-order chi connectivity index (χ0) is 22.7. The Hall–Kier alpha value is -3.60. The summed E-state index contributed by atoms with van der Waals surface area (Å²) < 4.78 is 5.34. The highest BCUT2D eigenvalue weighted by molar-refractivity contribution is 6.01. The van der Waals surface area contributed by atoms with E-state index in [2.05, 4.69) is 17.6 Å². The lowest BCUT2D eigenvalue weighted by Gasteiger charge is -2.18. The van der Waals surface area contributed by atoms with Crippen molar-refractivity contribution in [3.63, 3.8) is 0 Å². The predicted molar refractivity (Wildman–Crippen MR) is 127 cm³/mol. The fourth-order valence-electron chi connectivity index (χ4n) is 3.98. The molecular weight excluding hydrogens is 400 g/mol. The first-order chi connectivity index (χ1) is 15.4. The summed E-state index contributed by atoms with van der Waals surface area (Å²) in [5.41, 5.74) is 5.61. The topological polar surface area (TPSA) is 67.4 Å². The molecule has 0 heterocycles. The number of benzene rings is 3. The molecule has 0 spiro atoms. The highest BCUT2D eigenvalue weighted by Crippen LogP contribution is 2.49. The van der Waals surface area contributed by atoms with E-state index in [1.807, 2.05) is 66.7 Å². The molecule has 5 heteroatoms. The Morgan fingerprint density at radius 2 is 1.75 bits per heavy atom. The van der Waals surface area contributed by atoms with E-state index in [0.717, 1.165) is 52.1 Å². The molecule has 5 nitrogen and oxygen atoms in total. The fourth-order valence-corrected chi connectivity index (χ4v) is 3.98. The Bertz CT molecular complexity index is 1150. The molecule has 0 aliphatic heterocycles. The number of ether oxygens (including phenoxy) is 1. The van der Waals surface area contributed by atoms with Crippen LogP contribution in [0.25, 0.3) is 11.1 Å². The second kappa shape index (κ2) is 8.87. The normalized spacial score (nSPS) is 13.8. The molecular formula is C27H28N2O3. The van der Waals surface area contributed by atoms with Crippen LogP contribution in [0.2, 0.25) is 0 Å². The van der Waals surface area contributed by atoms with Crippen LogP contribution in [-0.4, -0.2) is 18.9 Å². The summed E-state index contributed by atoms with van der Waals surface area (Å²) in [7, 11) is 1.64. The Labute approximate surface area is 188 Å². The first kappa shape index (κ1) is 21.6. The molecule has 0 unspecified atom stereocenters. The number of hydrogen-bond donors (Lipinski definition) is 2. The van der Waals surface area contributed by atoms with E-state index in [4.69, 9.17) is 4.74 Å². The minimum absolute atomic E-state index is 0.0196. The molecule has 2 N–H and O–H groups in total. The van der Waals surface area contributed by atoms with Gasteiger partial charge in [0.2, 0.25) is 11.8 Å². The number of hydrogen-bond acceptors (Lipinski definition) is 3. The summed E-state index contributed by atoms with van der Waals surface area (Å²) in [6.45, 7) is 4.08. The molecule has 32 heavy (non-hydrogen) atoms. The third-order valence-corrected chi connectivity index (χ3v) is 6.11. The van der Waals surface area contributed by atoms with E-state index in [1.165, 1.54) is 6.92 Å². The highest BCUT2D eigenvalue weighted by atomic mass is 16.5. The van der Waals surface area contributed by atoms with Gasteiger partial charge in [0.15, 0.2) is 0 Å². The van der Waals surface area contributed by atoms with Crippen LogP contribution in [0, 0.1) is 6.92 Å². The Kier molecular flexibility index (Phi) is 5.99. The van der Waals surface area contributed by atoms with Crippen molar-refractivity contribution in [1.29, 1.82) is 0 Å². The molecule has 3 aromatic rings. The Balaban J connectivity index is 1.53. The van der Waals surface area contributed by atoms with Crippen molar-refractivity contribution in [2.24, 2.45) is 0 Å². The summed E-state index contributed by atoms with van der Waals surface area (Å²) in [5.74, 6) is 0.739. The van der Waals surface area contributed by atoms with E-state index in [0.29, 0.717) is 6.54 Å². The maximum atomic E-state index is 13.2. The molecule has 1 saturated carbocycles. The lowest BCUT2D eigenvalue weighted by molar-refractivity contribution is -0.119. The third kappa shape index (κ3) is 4.52. The highest BCUT2D eigenvalue weighted by Gasteiger charge is 2.51. The third-order valence-electron chi connectivity index (χ3n) is 6.11. The maximum Gasteiger partial charge on any atom is 0.235 e. The Morgan fingerprint density at radius 3 is 2.41 bits per heavy atom. The number of nitrogens with one attached hydrogen (secondary N) is 2. The van der Waals surface area contributed by atoms with E-state index in [9.17, 15) is 9.59 Å². The van der Waals surface area contributed by atoms with Crippen molar-refractivity contribution in [3.8, 4) is 16.9 Å². The van der Waals surface area contributed by atoms with E-state index in [-0.39, 0.29) is 11.8 Å². The molecule has 0 radical (unpaired) electrons. The zero-order valence-electron chi connectivity index (χ0n) is 18.7. The van der Waals surface area contributed by atoms with Gasteiger partial charge in [0.25, 0.3) is 0 Å². The van der Waals surface area contributed by atoms with Crippen molar-refractivity contribution < 1.29 is 14.3 Å². The van der Waals surface area contributed by atoms with Crippen LogP contribution in [-0.2, 0) is 21.5 Å². The molecule has 3 aromatic carbocycles. The van der Waals surface area contributed by atoms with Gasteiger partial charge in [-0.2, -0.15) is 0 Å². The van der Waals surface area contributed by atoms with Crippen molar-refractivity contribution in [2.75, 3.05) is 12.4 Å². The van der Waals surface area contributed by atoms with Crippen LogP contribution in [0.15, 0.2) is 66.7 Å². The summed E-state index contributed by atoms with van der Waals surface area (Å²) in [5, 5.41) is 5.94. The molecule has 1 fully saturated rings. The molecule has 0 atom stereocenters. The lowest BCUT2D eigenvalue weighted by Crippen LogP contribution is -2.27. The van der Waals surface area contributed by atoms with Crippen LogP contribution in [0.1, 0.15) is 36.5 Å². The summed E-state index contributed by atoms with van der Waals surface area (Å²) in [4.78, 5) is 24.3. The Morgan fingerprint density at radius 1 is 1.00 bits per heavy atom. The summed E-state index contributed by atoms with van der Waals surface area (Å²) in [6, 6.07) is 21.9. The van der Waals surface area contributed by atoms with Crippen molar-refractivity contribution in [3.05, 3.63) is 83.4 Å². The van der Waals surface area contributed by atoms with Crippen molar-refractivity contribution >= 4 is 17.5 Å². The van der Waals surface area contributed by atoms with Crippen molar-refractivity contribution in [1.82, 2.24) is 5.32 Å². The molecule has 4 rings (SSSR count). The second-order valence-corrected chi connectivity index (χ2v) is 8.40. The molecule has 0 bridgehead atoms. The summed E-state index contributed by atoms with van der Waals surface area (Å²) in [6.07, 6.45) is 1.67. The van der Waals surface area contributed by atoms with Crippen LogP contribution >= 0.6 is 0 Å². The second-order valence-electron chi connectivity index (χ2n) is 8.40. The van der Waals surface area contributed by atoms with E-state index >= 15 is 0 Å². The van der Waals surface area contributed by atoms with E-state index < -0.39 is 5.41 Å². The smallest absolute Gasteiger partial charge is 0.235 e. The van der Waals surface area contributed by atoms with Gasteiger partial charge >= 0.3 is 0 Å². The minimum atomic E-state index is -0.481.